The maximum Gasteiger partial charge on any atom is 0.253 e. The second-order valence-corrected chi connectivity index (χ2v) is 6.14. The molecule has 1 aromatic carbocycles. The van der Waals surface area contributed by atoms with E-state index in [4.69, 9.17) is 0 Å². The van der Waals surface area contributed by atoms with Crippen molar-refractivity contribution in [3.8, 4) is 0 Å². The fourth-order valence-electron chi connectivity index (χ4n) is 3.44. The highest BCUT2D eigenvalue weighted by atomic mass is 16.2. The van der Waals surface area contributed by atoms with E-state index in [2.05, 4.69) is 5.32 Å². The van der Waals surface area contributed by atoms with Gasteiger partial charge in [0.15, 0.2) is 0 Å². The van der Waals surface area contributed by atoms with Crippen molar-refractivity contribution in [2.45, 2.75) is 32.2 Å². The number of carbonyl (C=O) groups is 2. The molecule has 1 N–H and O–H groups in total. The van der Waals surface area contributed by atoms with Crippen LogP contribution >= 0.6 is 0 Å². The number of nitrogens with zero attached hydrogens (tertiary/aromatic N) is 2. The summed E-state index contributed by atoms with van der Waals surface area (Å²) in [7, 11) is 1.95. The van der Waals surface area contributed by atoms with Crippen LogP contribution in [-0.2, 0) is 11.2 Å². The number of hydrogen-bond acceptors (Lipinski definition) is 3. The fraction of sp³-hybridized carbons (Fsp3) is 0.529. The van der Waals surface area contributed by atoms with E-state index in [-0.39, 0.29) is 11.8 Å². The van der Waals surface area contributed by atoms with Crippen LogP contribution in [0.1, 0.15) is 35.7 Å². The van der Waals surface area contributed by atoms with Crippen molar-refractivity contribution in [3.05, 3.63) is 29.3 Å². The van der Waals surface area contributed by atoms with Crippen LogP contribution in [0.15, 0.2) is 18.2 Å². The maximum atomic E-state index is 12.7. The molecule has 0 bridgehead atoms. The Labute approximate surface area is 131 Å². The van der Waals surface area contributed by atoms with E-state index in [0.717, 1.165) is 49.2 Å². The summed E-state index contributed by atoms with van der Waals surface area (Å²) in [4.78, 5) is 28.0. The first kappa shape index (κ1) is 15.0. The number of benzene rings is 1. The number of amides is 2. The summed E-state index contributed by atoms with van der Waals surface area (Å²) in [6.07, 6.45) is 2.99. The second kappa shape index (κ2) is 6.08. The summed E-state index contributed by atoms with van der Waals surface area (Å²) in [5.41, 5.74) is 2.79. The van der Waals surface area contributed by atoms with Crippen molar-refractivity contribution >= 4 is 17.5 Å². The van der Waals surface area contributed by atoms with Gasteiger partial charge in [-0.25, -0.2) is 0 Å². The predicted molar refractivity (Wildman–Crippen MR) is 86.2 cm³/mol. The van der Waals surface area contributed by atoms with Crippen molar-refractivity contribution in [2.75, 3.05) is 31.6 Å². The number of hydrogen-bond donors (Lipinski definition) is 1. The van der Waals surface area contributed by atoms with Crippen molar-refractivity contribution < 1.29 is 9.59 Å². The minimum absolute atomic E-state index is 0.0609. The third kappa shape index (κ3) is 2.73. The minimum Gasteiger partial charge on any atom is -0.337 e. The molecule has 5 heteroatoms. The molecule has 1 fully saturated rings. The van der Waals surface area contributed by atoms with Gasteiger partial charge in [0, 0.05) is 43.9 Å². The largest absolute Gasteiger partial charge is 0.337 e. The van der Waals surface area contributed by atoms with Gasteiger partial charge in [-0.2, -0.15) is 0 Å². The summed E-state index contributed by atoms with van der Waals surface area (Å²) < 4.78 is 0. The van der Waals surface area contributed by atoms with Gasteiger partial charge in [-0.1, -0.05) is 0 Å². The lowest BCUT2D eigenvalue weighted by molar-refractivity contribution is -0.116. The van der Waals surface area contributed by atoms with Gasteiger partial charge in [0.25, 0.3) is 5.91 Å². The first-order valence-electron chi connectivity index (χ1n) is 7.97. The van der Waals surface area contributed by atoms with Gasteiger partial charge in [0.05, 0.1) is 0 Å². The number of anilines is 1. The standard InChI is InChI=1S/C17H23N3O2/c1-12(21)20-9-7-13-10-14(5-6-16(13)20)17(22)19-8-3-4-15(11-19)18-2/h5-6,10,15,18H,3-4,7-9,11H2,1-2H3/t15-/m1/s1. The molecule has 0 saturated carbocycles. The first-order chi connectivity index (χ1) is 10.6. The zero-order valence-corrected chi connectivity index (χ0v) is 13.3. The number of piperidine rings is 1. The molecule has 0 spiro atoms. The monoisotopic (exact) mass is 301 g/mol. The molecule has 3 rings (SSSR count). The van der Waals surface area contributed by atoms with Crippen LogP contribution in [0.4, 0.5) is 5.69 Å². The van der Waals surface area contributed by atoms with E-state index in [1.54, 1.807) is 11.8 Å². The molecule has 0 aromatic heterocycles. The lowest BCUT2D eigenvalue weighted by atomic mass is 10.0. The predicted octanol–water partition coefficient (Wildman–Crippen LogP) is 1.42. The normalized spacial score (nSPS) is 20.9. The quantitative estimate of drug-likeness (QED) is 0.899. The van der Waals surface area contributed by atoms with Gasteiger partial charge in [0.2, 0.25) is 5.91 Å². The lowest BCUT2D eigenvalue weighted by Crippen LogP contribution is -2.46. The summed E-state index contributed by atoms with van der Waals surface area (Å²) in [5, 5.41) is 3.26. The molecule has 22 heavy (non-hydrogen) atoms. The lowest BCUT2D eigenvalue weighted by Gasteiger charge is -2.32. The molecule has 0 radical (unpaired) electrons. The van der Waals surface area contributed by atoms with Gasteiger partial charge in [0.1, 0.15) is 0 Å². The summed E-state index contributed by atoms with van der Waals surface area (Å²) in [6.45, 7) is 3.90. The van der Waals surface area contributed by atoms with Crippen LogP contribution in [0.25, 0.3) is 0 Å². The molecule has 1 aromatic rings. The minimum atomic E-state index is 0.0609. The summed E-state index contributed by atoms with van der Waals surface area (Å²) >= 11 is 0. The van der Waals surface area contributed by atoms with Gasteiger partial charge in [-0.05, 0) is 50.1 Å². The molecule has 2 aliphatic heterocycles. The molecular formula is C17H23N3O2. The van der Waals surface area contributed by atoms with Crippen molar-refractivity contribution in [2.24, 2.45) is 0 Å². The molecule has 1 atom stereocenters. The van der Waals surface area contributed by atoms with Gasteiger partial charge < -0.3 is 15.1 Å². The SMILES string of the molecule is CN[C@@H]1CCCN(C(=O)c2ccc3c(c2)CCN3C(C)=O)C1. The topological polar surface area (TPSA) is 52.7 Å². The highest BCUT2D eigenvalue weighted by Gasteiger charge is 2.26. The molecule has 5 nitrogen and oxygen atoms in total. The zero-order chi connectivity index (χ0) is 15.7. The van der Waals surface area contributed by atoms with Crippen LogP contribution in [0.2, 0.25) is 0 Å². The molecule has 1 saturated heterocycles. The average Bonchev–Trinajstić information content (AvgIpc) is 2.97. The van der Waals surface area contributed by atoms with Crippen LogP contribution in [0.5, 0.6) is 0 Å². The molecule has 2 aliphatic rings. The van der Waals surface area contributed by atoms with Crippen LogP contribution < -0.4 is 10.2 Å². The smallest absolute Gasteiger partial charge is 0.253 e. The molecule has 2 amide bonds. The Morgan fingerprint density at radius 2 is 2.09 bits per heavy atom. The van der Waals surface area contributed by atoms with Crippen LogP contribution in [0.3, 0.4) is 0 Å². The molecule has 0 aliphatic carbocycles. The van der Waals surface area contributed by atoms with Crippen molar-refractivity contribution in [1.82, 2.24) is 10.2 Å². The number of carbonyl (C=O) groups excluding carboxylic acids is 2. The first-order valence-corrected chi connectivity index (χ1v) is 7.97. The number of likely N-dealkylation sites (tertiary alicyclic amines) is 1. The Kier molecular flexibility index (Phi) is 4.16. The highest BCUT2D eigenvalue weighted by molar-refractivity contribution is 5.98. The number of rotatable bonds is 2. The van der Waals surface area contributed by atoms with Crippen LogP contribution in [-0.4, -0.2) is 49.4 Å². The third-order valence-electron chi connectivity index (χ3n) is 4.72. The summed E-state index contributed by atoms with van der Waals surface area (Å²) in [6, 6.07) is 6.12. The highest BCUT2D eigenvalue weighted by Crippen LogP contribution is 2.29. The molecular weight excluding hydrogens is 278 g/mol. The van der Waals surface area contributed by atoms with E-state index < -0.39 is 0 Å². The fourth-order valence-corrected chi connectivity index (χ4v) is 3.44. The Balaban J connectivity index is 1.78. The Morgan fingerprint density at radius 3 is 2.82 bits per heavy atom. The zero-order valence-electron chi connectivity index (χ0n) is 13.3. The van der Waals surface area contributed by atoms with E-state index in [0.29, 0.717) is 12.6 Å². The van der Waals surface area contributed by atoms with Gasteiger partial charge in [-0.15, -0.1) is 0 Å². The Morgan fingerprint density at radius 1 is 1.27 bits per heavy atom. The number of nitrogens with one attached hydrogen (secondary N) is 1. The summed E-state index contributed by atoms with van der Waals surface area (Å²) in [5.74, 6) is 0.162. The van der Waals surface area contributed by atoms with Gasteiger partial charge >= 0.3 is 0 Å². The molecule has 118 valence electrons. The Hall–Kier alpha value is -1.88. The van der Waals surface area contributed by atoms with Crippen LogP contribution in [0, 0.1) is 0 Å². The third-order valence-corrected chi connectivity index (χ3v) is 4.72. The molecule has 0 unspecified atom stereocenters. The average molecular weight is 301 g/mol. The van der Waals surface area contributed by atoms with E-state index in [1.807, 2.05) is 30.1 Å². The van der Waals surface area contributed by atoms with Crippen molar-refractivity contribution in [3.63, 3.8) is 0 Å². The Bertz CT molecular complexity index is 600. The van der Waals surface area contributed by atoms with E-state index in [9.17, 15) is 9.59 Å². The van der Waals surface area contributed by atoms with E-state index in [1.165, 1.54) is 0 Å². The van der Waals surface area contributed by atoms with E-state index >= 15 is 0 Å². The van der Waals surface area contributed by atoms with Crippen molar-refractivity contribution in [1.29, 1.82) is 0 Å². The second-order valence-electron chi connectivity index (χ2n) is 6.14. The number of likely N-dealkylation sites (N-methyl/N-ethyl adjacent to an activating group) is 1. The molecule has 2 heterocycles. The van der Waals surface area contributed by atoms with Gasteiger partial charge in [-0.3, -0.25) is 9.59 Å². The number of fused-ring (bicyclic) bond motifs is 1. The maximum absolute atomic E-state index is 12.7.